The van der Waals surface area contributed by atoms with Gasteiger partial charge in [-0.15, -0.1) is 11.3 Å². The highest BCUT2D eigenvalue weighted by Gasteiger charge is 2.22. The Morgan fingerprint density at radius 1 is 0.491 bits per heavy atom. The van der Waals surface area contributed by atoms with Crippen molar-refractivity contribution in [3.8, 4) is 34.6 Å². The lowest BCUT2D eigenvalue weighted by atomic mass is 10.0. The van der Waals surface area contributed by atoms with Crippen LogP contribution in [0.15, 0.2) is 156 Å². The zero-order valence-electron chi connectivity index (χ0n) is 30.5. The Hall–Kier alpha value is -7.64. The maximum atomic E-state index is 10.5. The van der Waals surface area contributed by atoms with Gasteiger partial charge >= 0.3 is 0 Å². The number of hydrogen-bond acceptors (Lipinski definition) is 4. The number of nitriles is 2. The van der Waals surface area contributed by atoms with Crippen molar-refractivity contribution in [1.29, 1.82) is 10.5 Å². The van der Waals surface area contributed by atoms with Crippen LogP contribution in [0.3, 0.4) is 0 Å². The van der Waals surface area contributed by atoms with Crippen LogP contribution >= 0.6 is 11.3 Å². The van der Waals surface area contributed by atoms with Gasteiger partial charge in [0.1, 0.15) is 11.2 Å². The van der Waals surface area contributed by atoms with Gasteiger partial charge < -0.3 is 13.6 Å². The van der Waals surface area contributed by atoms with Crippen LogP contribution in [0.4, 0.5) is 0 Å². The molecule has 0 radical (unpaired) electrons. The summed E-state index contributed by atoms with van der Waals surface area (Å²) >= 11 is 1.83. The number of aryl methyl sites for hydroxylation is 1. The highest BCUT2D eigenvalue weighted by Crippen LogP contribution is 2.45. The molecule has 5 nitrogen and oxygen atoms in total. The molecule has 4 heterocycles. The zero-order chi connectivity index (χ0) is 37.9. The van der Waals surface area contributed by atoms with E-state index < -0.39 is 0 Å². The van der Waals surface area contributed by atoms with Gasteiger partial charge in [-0.25, -0.2) is 0 Å². The average Bonchev–Trinajstić information content (AvgIpc) is 4.01. The van der Waals surface area contributed by atoms with E-state index in [4.69, 9.17) is 4.42 Å². The Bertz CT molecular complexity index is 3800. The van der Waals surface area contributed by atoms with Crippen molar-refractivity contribution in [1.82, 2.24) is 9.13 Å². The summed E-state index contributed by atoms with van der Waals surface area (Å²) in [5, 5.41) is 29.4. The summed E-state index contributed by atoms with van der Waals surface area (Å²) in [5.41, 5.74) is 12.1. The summed E-state index contributed by atoms with van der Waals surface area (Å²) in [7, 11) is 0. The predicted molar refractivity (Wildman–Crippen MR) is 235 cm³/mol. The molecule has 4 aromatic heterocycles. The lowest BCUT2D eigenvalue weighted by molar-refractivity contribution is 0.673. The first-order valence-corrected chi connectivity index (χ1v) is 19.7. The second kappa shape index (κ2) is 11.7. The molecule has 6 heteroatoms. The summed E-state index contributed by atoms with van der Waals surface area (Å²) in [6, 6.07) is 57.5. The molecule has 12 aromatic rings. The van der Waals surface area contributed by atoms with Crippen molar-refractivity contribution in [2.45, 2.75) is 6.92 Å². The molecule has 0 unspecified atom stereocenters. The van der Waals surface area contributed by atoms with Gasteiger partial charge in [-0.2, -0.15) is 10.5 Å². The Morgan fingerprint density at radius 3 is 2.14 bits per heavy atom. The van der Waals surface area contributed by atoms with Crippen LogP contribution < -0.4 is 0 Å². The number of benzene rings is 8. The number of furan rings is 1. The van der Waals surface area contributed by atoms with Gasteiger partial charge in [0.15, 0.2) is 0 Å². The third-order valence-electron chi connectivity index (χ3n) is 11.6. The second-order valence-corrected chi connectivity index (χ2v) is 15.9. The SMILES string of the molecule is Cc1cccc2c3c4c(ccc3n(-c3cc(C#N)cc(-c5cccc(-n6c7ccc(C#N)cc7c7c8oc9ccccc9c8ccc76)c5)c3)c12)sc1ccccc14. The summed E-state index contributed by atoms with van der Waals surface area (Å²) in [6.07, 6.45) is 0. The molecule has 0 amide bonds. The van der Waals surface area contributed by atoms with E-state index in [1.165, 1.54) is 36.5 Å². The molecule has 0 spiro atoms. The third-order valence-corrected chi connectivity index (χ3v) is 12.8. The van der Waals surface area contributed by atoms with Gasteiger partial charge in [0.25, 0.3) is 0 Å². The standard InChI is InChI=1S/C51H28N4OS/c1-29-8-6-13-39-47-42(20-21-46-49(47)38-12-3-5-15-45(38)57-46)55(50(29)39)35-23-31(28-53)22-33(26-35)32-9-7-10-34(25-32)54-41-18-16-30(27-52)24-40(41)48-43(54)19-17-37-36-11-2-4-14-44(36)56-51(37)48/h2-26H,1H3. The predicted octanol–water partition coefficient (Wildman–Crippen LogP) is 13.9. The van der Waals surface area contributed by atoms with Crippen LogP contribution in [-0.2, 0) is 0 Å². The molecule has 0 aliphatic carbocycles. The number of fused-ring (bicyclic) bond motifs is 14. The molecule has 0 aliphatic heterocycles. The molecule has 0 bridgehead atoms. The van der Waals surface area contributed by atoms with Crippen LogP contribution in [0.1, 0.15) is 16.7 Å². The fourth-order valence-electron chi connectivity index (χ4n) is 9.24. The van der Waals surface area contributed by atoms with Gasteiger partial charge in [0, 0.05) is 58.5 Å². The van der Waals surface area contributed by atoms with Crippen LogP contribution in [-0.4, -0.2) is 9.13 Å². The van der Waals surface area contributed by atoms with Crippen molar-refractivity contribution in [2.75, 3.05) is 0 Å². The van der Waals surface area contributed by atoms with Gasteiger partial charge in [0.05, 0.1) is 50.7 Å². The normalized spacial score (nSPS) is 11.9. The number of nitrogens with zero attached hydrogens (tertiary/aromatic N) is 4. The minimum absolute atomic E-state index is 0.590. The molecule has 8 aromatic carbocycles. The van der Waals surface area contributed by atoms with E-state index in [-0.39, 0.29) is 0 Å². The Morgan fingerprint density at radius 2 is 1.25 bits per heavy atom. The number of aromatic nitrogens is 2. The van der Waals surface area contributed by atoms with Crippen molar-refractivity contribution in [3.63, 3.8) is 0 Å². The van der Waals surface area contributed by atoms with Crippen molar-refractivity contribution >= 4 is 97.1 Å². The van der Waals surface area contributed by atoms with Crippen molar-refractivity contribution < 1.29 is 4.42 Å². The first kappa shape index (κ1) is 31.7. The summed E-state index contributed by atoms with van der Waals surface area (Å²) in [4.78, 5) is 0. The first-order chi connectivity index (χ1) is 28.1. The van der Waals surface area contributed by atoms with Crippen LogP contribution in [0.25, 0.3) is 108 Å². The van der Waals surface area contributed by atoms with Crippen molar-refractivity contribution in [2.24, 2.45) is 0 Å². The molecular weight excluding hydrogens is 717 g/mol. The minimum atomic E-state index is 0.590. The van der Waals surface area contributed by atoms with E-state index in [1.54, 1.807) is 0 Å². The molecule has 264 valence electrons. The van der Waals surface area contributed by atoms with Crippen LogP contribution in [0.5, 0.6) is 0 Å². The number of thiophene rings is 1. The number of rotatable bonds is 3. The molecule has 0 aliphatic rings. The smallest absolute Gasteiger partial charge is 0.145 e. The highest BCUT2D eigenvalue weighted by atomic mass is 32.1. The topological polar surface area (TPSA) is 70.6 Å². The van der Waals surface area contributed by atoms with E-state index in [1.807, 2.05) is 59.9 Å². The van der Waals surface area contributed by atoms with Gasteiger partial charge in [-0.3, -0.25) is 0 Å². The van der Waals surface area contributed by atoms with Crippen LogP contribution in [0, 0.1) is 29.6 Å². The summed E-state index contributed by atoms with van der Waals surface area (Å²) < 4.78 is 13.7. The quantitative estimate of drug-likeness (QED) is 0.181. The molecule has 0 saturated heterocycles. The Balaban J connectivity index is 1.10. The zero-order valence-corrected chi connectivity index (χ0v) is 31.4. The highest BCUT2D eigenvalue weighted by molar-refractivity contribution is 7.26. The number of hydrogen-bond donors (Lipinski definition) is 0. The minimum Gasteiger partial charge on any atom is -0.455 e. The molecular formula is C51H28N4OS. The first-order valence-electron chi connectivity index (χ1n) is 18.9. The Labute approximate surface area is 329 Å². The Kier molecular flexibility index (Phi) is 6.49. The van der Waals surface area contributed by atoms with E-state index in [0.29, 0.717) is 11.1 Å². The lowest BCUT2D eigenvalue weighted by Crippen LogP contribution is -1.98. The van der Waals surface area contributed by atoms with Crippen molar-refractivity contribution in [3.05, 3.63) is 168 Å². The van der Waals surface area contributed by atoms with E-state index in [9.17, 15) is 10.5 Å². The monoisotopic (exact) mass is 744 g/mol. The lowest BCUT2D eigenvalue weighted by Gasteiger charge is -2.14. The summed E-state index contributed by atoms with van der Waals surface area (Å²) in [5.74, 6) is 0. The fourth-order valence-corrected chi connectivity index (χ4v) is 10.4. The molecule has 0 N–H and O–H groups in total. The van der Waals surface area contributed by atoms with E-state index >= 15 is 0 Å². The molecule has 0 atom stereocenters. The molecule has 12 rings (SSSR count). The molecule has 0 saturated carbocycles. The van der Waals surface area contributed by atoms with E-state index in [0.717, 1.165) is 77.3 Å². The van der Waals surface area contributed by atoms with Gasteiger partial charge in [-0.05, 0) is 109 Å². The average molecular weight is 745 g/mol. The second-order valence-electron chi connectivity index (χ2n) is 14.8. The largest absolute Gasteiger partial charge is 0.455 e. The van der Waals surface area contributed by atoms with Crippen LogP contribution in [0.2, 0.25) is 0 Å². The van der Waals surface area contributed by atoms with Gasteiger partial charge in [-0.1, -0.05) is 66.7 Å². The maximum Gasteiger partial charge on any atom is 0.145 e. The number of para-hydroxylation sites is 2. The molecule has 0 fully saturated rings. The van der Waals surface area contributed by atoms with E-state index in [2.05, 4.69) is 131 Å². The maximum absolute atomic E-state index is 10.5. The van der Waals surface area contributed by atoms with Gasteiger partial charge in [0.2, 0.25) is 0 Å². The third kappa shape index (κ3) is 4.42. The summed E-state index contributed by atoms with van der Waals surface area (Å²) in [6.45, 7) is 2.17. The molecule has 57 heavy (non-hydrogen) atoms. The fraction of sp³-hybridized carbons (Fsp3) is 0.0196.